The molecule has 0 radical (unpaired) electrons. The molecule has 0 fully saturated rings. The second-order valence-corrected chi connectivity index (χ2v) is 8.01. The van der Waals surface area contributed by atoms with Gasteiger partial charge < -0.3 is 5.32 Å². The van der Waals surface area contributed by atoms with Gasteiger partial charge in [0.15, 0.2) is 0 Å². The lowest BCUT2D eigenvalue weighted by molar-refractivity contribution is 0.0927. The van der Waals surface area contributed by atoms with Crippen molar-refractivity contribution in [1.82, 2.24) is 10.3 Å². The summed E-state index contributed by atoms with van der Waals surface area (Å²) in [6, 6.07) is 7.76. The van der Waals surface area contributed by atoms with Gasteiger partial charge in [0.2, 0.25) is 0 Å². The van der Waals surface area contributed by atoms with Crippen LogP contribution in [0.5, 0.6) is 0 Å². The molecule has 2 N–H and O–H groups in total. The van der Waals surface area contributed by atoms with Crippen LogP contribution in [0.1, 0.15) is 36.7 Å². The number of carbonyl (C=O) groups is 1. The Balaban J connectivity index is 2.34. The summed E-state index contributed by atoms with van der Waals surface area (Å²) >= 11 is 0. The van der Waals surface area contributed by atoms with Crippen molar-refractivity contribution in [3.05, 3.63) is 53.9 Å². The van der Waals surface area contributed by atoms with E-state index in [-0.39, 0.29) is 22.4 Å². The molecule has 7 heteroatoms. The van der Waals surface area contributed by atoms with E-state index in [1.165, 1.54) is 18.3 Å². The summed E-state index contributed by atoms with van der Waals surface area (Å²) in [5.41, 5.74) is 1.30. The minimum atomic E-state index is -3.91. The minimum Gasteiger partial charge on any atom is -0.349 e. The molecule has 0 saturated heterocycles. The highest BCUT2D eigenvalue weighted by Gasteiger charge is 2.23. The Morgan fingerprint density at radius 1 is 1.12 bits per heavy atom. The maximum absolute atomic E-state index is 12.7. The van der Waals surface area contributed by atoms with Crippen molar-refractivity contribution in [3.8, 4) is 0 Å². The quantitative estimate of drug-likeness (QED) is 0.828. The molecule has 0 aliphatic heterocycles. The maximum Gasteiger partial charge on any atom is 0.262 e. The van der Waals surface area contributed by atoms with Gasteiger partial charge in [-0.05, 0) is 43.5 Å². The van der Waals surface area contributed by atoms with E-state index >= 15 is 0 Å². The van der Waals surface area contributed by atoms with Gasteiger partial charge in [0.1, 0.15) is 4.90 Å². The lowest BCUT2D eigenvalue weighted by Gasteiger charge is -2.19. The van der Waals surface area contributed by atoms with Crippen LogP contribution in [-0.2, 0) is 10.0 Å². The summed E-state index contributed by atoms with van der Waals surface area (Å²) in [6.07, 6.45) is 3.06. The first kappa shape index (κ1) is 18.9. The molecule has 0 spiro atoms. The van der Waals surface area contributed by atoms with Crippen LogP contribution in [0.2, 0.25) is 0 Å². The Hall–Kier alpha value is -2.41. The number of benzene rings is 1. The largest absolute Gasteiger partial charge is 0.349 e. The normalized spacial score (nSPS) is 12.7. The molecule has 1 aromatic heterocycles. The zero-order chi connectivity index (χ0) is 18.6. The molecule has 0 aliphatic rings. The number of nitrogens with one attached hydrogen (secondary N) is 2. The van der Waals surface area contributed by atoms with Gasteiger partial charge in [-0.1, -0.05) is 26.0 Å². The van der Waals surface area contributed by atoms with Crippen LogP contribution in [0.3, 0.4) is 0 Å². The second-order valence-electron chi connectivity index (χ2n) is 6.36. The highest BCUT2D eigenvalue weighted by Crippen LogP contribution is 2.20. The number of aryl methyl sites for hydroxylation is 1. The fraction of sp³-hybridized carbons (Fsp3) is 0.333. The monoisotopic (exact) mass is 361 g/mol. The van der Waals surface area contributed by atoms with Crippen LogP contribution in [0.25, 0.3) is 0 Å². The number of anilines is 1. The van der Waals surface area contributed by atoms with Crippen molar-refractivity contribution in [2.45, 2.75) is 38.6 Å². The van der Waals surface area contributed by atoms with Crippen LogP contribution in [0.15, 0.2) is 47.6 Å². The van der Waals surface area contributed by atoms with E-state index in [0.29, 0.717) is 5.69 Å². The third kappa shape index (κ3) is 4.79. The third-order valence-electron chi connectivity index (χ3n) is 3.91. The van der Waals surface area contributed by atoms with E-state index in [2.05, 4.69) is 15.0 Å². The van der Waals surface area contributed by atoms with Crippen molar-refractivity contribution in [1.29, 1.82) is 0 Å². The first-order valence-corrected chi connectivity index (χ1v) is 9.53. The number of rotatable bonds is 6. The van der Waals surface area contributed by atoms with Crippen LogP contribution in [-0.4, -0.2) is 25.4 Å². The average molecular weight is 361 g/mol. The number of pyridine rings is 1. The van der Waals surface area contributed by atoms with Gasteiger partial charge in [0, 0.05) is 12.2 Å². The van der Waals surface area contributed by atoms with E-state index in [9.17, 15) is 13.2 Å². The van der Waals surface area contributed by atoms with Crippen molar-refractivity contribution in [2.24, 2.45) is 5.92 Å². The maximum atomic E-state index is 12.7. The molecule has 134 valence electrons. The lowest BCUT2D eigenvalue weighted by atomic mass is 10.1. The van der Waals surface area contributed by atoms with Crippen molar-refractivity contribution >= 4 is 21.6 Å². The van der Waals surface area contributed by atoms with Gasteiger partial charge in [0.05, 0.1) is 17.4 Å². The average Bonchev–Trinajstić information content (AvgIpc) is 2.54. The Kier molecular flexibility index (Phi) is 5.79. The van der Waals surface area contributed by atoms with Crippen LogP contribution in [0, 0.1) is 12.8 Å². The van der Waals surface area contributed by atoms with E-state index in [1.54, 1.807) is 24.4 Å². The fourth-order valence-corrected chi connectivity index (χ4v) is 3.40. The first-order valence-electron chi connectivity index (χ1n) is 8.05. The molecule has 1 unspecified atom stereocenters. The van der Waals surface area contributed by atoms with Crippen molar-refractivity contribution < 1.29 is 13.2 Å². The zero-order valence-corrected chi connectivity index (χ0v) is 15.6. The number of aromatic nitrogens is 1. The topological polar surface area (TPSA) is 88.2 Å². The Morgan fingerprint density at radius 3 is 2.44 bits per heavy atom. The molecule has 0 saturated carbocycles. The van der Waals surface area contributed by atoms with Crippen LogP contribution in [0.4, 0.5) is 5.69 Å². The third-order valence-corrected chi connectivity index (χ3v) is 5.35. The number of amides is 1. The Morgan fingerprint density at radius 2 is 1.80 bits per heavy atom. The molecule has 1 amide bonds. The van der Waals surface area contributed by atoms with Gasteiger partial charge >= 0.3 is 0 Å². The molecule has 6 nitrogen and oxygen atoms in total. The molecule has 0 bridgehead atoms. The van der Waals surface area contributed by atoms with Crippen molar-refractivity contribution in [2.75, 3.05) is 4.72 Å². The summed E-state index contributed by atoms with van der Waals surface area (Å²) in [5, 5.41) is 2.84. The number of carbonyl (C=O) groups excluding carboxylic acids is 1. The van der Waals surface area contributed by atoms with E-state index in [0.717, 1.165) is 5.56 Å². The van der Waals surface area contributed by atoms with Gasteiger partial charge in [0.25, 0.3) is 15.9 Å². The number of nitrogens with zero attached hydrogens (tertiary/aromatic N) is 1. The summed E-state index contributed by atoms with van der Waals surface area (Å²) in [7, 11) is -3.91. The molecule has 2 aromatic rings. The van der Waals surface area contributed by atoms with Crippen molar-refractivity contribution in [3.63, 3.8) is 0 Å². The number of hydrogen-bond acceptors (Lipinski definition) is 4. The summed E-state index contributed by atoms with van der Waals surface area (Å²) < 4.78 is 28.0. The Bertz CT molecular complexity index is 863. The van der Waals surface area contributed by atoms with Gasteiger partial charge in [-0.15, -0.1) is 0 Å². The van der Waals surface area contributed by atoms with E-state index in [1.807, 2.05) is 27.7 Å². The molecule has 25 heavy (non-hydrogen) atoms. The summed E-state index contributed by atoms with van der Waals surface area (Å²) in [4.78, 5) is 16.4. The smallest absolute Gasteiger partial charge is 0.262 e. The van der Waals surface area contributed by atoms with E-state index < -0.39 is 15.9 Å². The fourth-order valence-electron chi connectivity index (χ4n) is 2.16. The van der Waals surface area contributed by atoms with Gasteiger partial charge in [-0.3, -0.25) is 14.5 Å². The highest BCUT2D eigenvalue weighted by atomic mass is 32.2. The first-order chi connectivity index (χ1) is 11.7. The lowest BCUT2D eigenvalue weighted by Crippen LogP contribution is -2.37. The minimum absolute atomic E-state index is 0.0648. The predicted octanol–water partition coefficient (Wildman–Crippen LogP) is 2.97. The van der Waals surface area contributed by atoms with Gasteiger partial charge in [-0.25, -0.2) is 8.42 Å². The SMILES string of the molecule is Cc1cncc(NS(=O)(=O)c2ccccc2C(=O)NC(C)C(C)C)c1. The highest BCUT2D eigenvalue weighted by molar-refractivity contribution is 7.92. The molecule has 0 aliphatic carbocycles. The van der Waals surface area contributed by atoms with Crippen LogP contribution < -0.4 is 10.0 Å². The Labute approximate surface area is 148 Å². The molecule has 2 rings (SSSR count). The summed E-state index contributed by atoms with van der Waals surface area (Å²) in [6.45, 7) is 7.68. The predicted molar refractivity (Wildman–Crippen MR) is 98.0 cm³/mol. The molecular weight excluding hydrogens is 338 g/mol. The summed E-state index contributed by atoms with van der Waals surface area (Å²) in [5.74, 6) is -0.172. The second kappa shape index (κ2) is 7.65. The zero-order valence-electron chi connectivity index (χ0n) is 14.8. The molecule has 1 heterocycles. The number of hydrogen-bond donors (Lipinski definition) is 2. The van der Waals surface area contributed by atoms with Crippen LogP contribution >= 0.6 is 0 Å². The molecular formula is C18H23N3O3S. The van der Waals surface area contributed by atoms with Gasteiger partial charge in [-0.2, -0.15) is 0 Å². The molecule has 1 atom stereocenters. The standard InChI is InChI=1S/C18H23N3O3S/c1-12(2)14(4)20-18(22)16-7-5-6-8-17(16)25(23,24)21-15-9-13(3)10-19-11-15/h5-12,14,21H,1-4H3,(H,20,22). The number of sulfonamides is 1. The molecule has 1 aromatic carbocycles. The van der Waals surface area contributed by atoms with E-state index in [4.69, 9.17) is 0 Å².